The van der Waals surface area contributed by atoms with Crippen LogP contribution in [0.4, 0.5) is 14.6 Å². The van der Waals surface area contributed by atoms with Crippen molar-refractivity contribution in [2.75, 3.05) is 24.5 Å². The Bertz CT molecular complexity index is 865. The minimum absolute atomic E-state index is 0.385. The summed E-state index contributed by atoms with van der Waals surface area (Å²) in [6, 6.07) is -0.550. The zero-order valence-electron chi connectivity index (χ0n) is 14.3. The van der Waals surface area contributed by atoms with E-state index >= 15 is 0 Å². The van der Waals surface area contributed by atoms with Gasteiger partial charge in [0.2, 0.25) is 0 Å². The average Bonchev–Trinajstić information content (AvgIpc) is 3.02. The lowest BCUT2D eigenvalue weighted by Crippen LogP contribution is -2.51. The van der Waals surface area contributed by atoms with Gasteiger partial charge in [0, 0.05) is 25.7 Å². The summed E-state index contributed by atoms with van der Waals surface area (Å²) in [7, 11) is -4.18. The first-order chi connectivity index (χ1) is 12.3. The molecule has 0 aromatic carbocycles. The van der Waals surface area contributed by atoms with Crippen LogP contribution < -0.4 is 10.0 Å². The molecule has 1 saturated heterocycles. The molecule has 1 aliphatic heterocycles. The number of halogens is 2. The molecule has 0 amide bonds. The van der Waals surface area contributed by atoms with Crippen molar-refractivity contribution < 1.29 is 17.2 Å². The first kappa shape index (κ1) is 18.9. The van der Waals surface area contributed by atoms with Gasteiger partial charge >= 0.3 is 0 Å². The van der Waals surface area contributed by atoms with Crippen LogP contribution in [0.15, 0.2) is 12.5 Å². The van der Waals surface area contributed by atoms with Gasteiger partial charge in [-0.2, -0.15) is 17.8 Å². The number of aryl methyl sites for hydroxylation is 1. The zero-order chi connectivity index (χ0) is 18.9. The van der Waals surface area contributed by atoms with Gasteiger partial charge in [0.25, 0.3) is 16.6 Å². The van der Waals surface area contributed by atoms with Gasteiger partial charge in [-0.3, -0.25) is 0 Å². The largest absolute Gasteiger partial charge is 0.356 e. The summed E-state index contributed by atoms with van der Waals surface area (Å²) < 4.78 is 51.2. The first-order valence-electron chi connectivity index (χ1n) is 8.30. The molecule has 3 heterocycles. The third-order valence-electron chi connectivity index (χ3n) is 4.53. The number of anilines is 1. The van der Waals surface area contributed by atoms with Gasteiger partial charge in [0.1, 0.15) is 12.1 Å². The van der Waals surface area contributed by atoms with Crippen molar-refractivity contribution in [1.82, 2.24) is 24.1 Å². The Morgan fingerprint density at radius 1 is 1.35 bits per heavy atom. The second kappa shape index (κ2) is 7.37. The summed E-state index contributed by atoms with van der Waals surface area (Å²) in [5.41, 5.74) is 0.725. The normalized spacial score (nSPS) is 16.9. The second-order valence-corrected chi connectivity index (χ2v) is 7.62. The van der Waals surface area contributed by atoms with Crippen LogP contribution in [0.1, 0.15) is 19.8 Å². The Labute approximate surface area is 150 Å². The van der Waals surface area contributed by atoms with E-state index in [0.29, 0.717) is 42.6 Å². The summed E-state index contributed by atoms with van der Waals surface area (Å²) >= 11 is 0. The van der Waals surface area contributed by atoms with Crippen LogP contribution in [-0.4, -0.2) is 64.6 Å². The van der Waals surface area contributed by atoms with E-state index in [2.05, 4.69) is 15.1 Å². The number of rotatable bonds is 6. The van der Waals surface area contributed by atoms with E-state index in [1.165, 1.54) is 6.33 Å². The maximum atomic E-state index is 12.7. The smallest absolute Gasteiger partial charge is 0.277 e. The molecule has 3 rings (SSSR count). The third-order valence-corrected chi connectivity index (χ3v) is 5.63. The molecule has 0 unspecified atom stereocenters. The van der Waals surface area contributed by atoms with Crippen LogP contribution in [0.5, 0.6) is 0 Å². The highest BCUT2D eigenvalue weighted by atomic mass is 32.2. The van der Waals surface area contributed by atoms with E-state index in [4.69, 9.17) is 5.14 Å². The molecule has 0 aliphatic carbocycles. The van der Waals surface area contributed by atoms with Crippen molar-refractivity contribution in [3.63, 3.8) is 0 Å². The molecular weight excluding hydrogens is 368 g/mol. The number of nitrogens with two attached hydrogens (primary N) is 1. The summed E-state index contributed by atoms with van der Waals surface area (Å²) in [6.07, 6.45) is 1.17. The Kier molecular flexibility index (Phi) is 5.34. The van der Waals surface area contributed by atoms with Crippen molar-refractivity contribution in [3.8, 4) is 0 Å². The molecule has 0 atom stereocenters. The molecule has 0 radical (unpaired) electrons. The highest BCUT2D eigenvalue weighted by molar-refractivity contribution is 7.86. The van der Waals surface area contributed by atoms with Gasteiger partial charge in [-0.1, -0.05) is 0 Å². The molecule has 2 aromatic heterocycles. The number of fused-ring (bicyclic) bond motifs is 1. The van der Waals surface area contributed by atoms with Crippen molar-refractivity contribution in [2.45, 2.75) is 38.8 Å². The number of hydrogen-bond acceptors (Lipinski definition) is 6. The second-order valence-electron chi connectivity index (χ2n) is 6.12. The van der Waals surface area contributed by atoms with Crippen LogP contribution >= 0.6 is 0 Å². The predicted molar refractivity (Wildman–Crippen MR) is 92.0 cm³/mol. The molecule has 12 heteroatoms. The lowest BCUT2D eigenvalue weighted by Gasteiger charge is -2.37. The van der Waals surface area contributed by atoms with Gasteiger partial charge in [0.05, 0.1) is 18.1 Å². The molecule has 26 heavy (non-hydrogen) atoms. The van der Waals surface area contributed by atoms with Gasteiger partial charge in [0.15, 0.2) is 5.65 Å². The van der Waals surface area contributed by atoms with Gasteiger partial charge in [-0.25, -0.2) is 28.6 Å². The molecule has 1 aliphatic rings. The lowest BCUT2D eigenvalue weighted by atomic mass is 10.0. The van der Waals surface area contributed by atoms with Crippen molar-refractivity contribution >= 4 is 27.1 Å². The number of piperidine rings is 1. The number of alkyl halides is 2. The summed E-state index contributed by atoms with van der Waals surface area (Å²) in [5.74, 6) is 0.712. The van der Waals surface area contributed by atoms with Crippen LogP contribution in [0.25, 0.3) is 11.0 Å². The molecule has 2 N–H and O–H groups in total. The van der Waals surface area contributed by atoms with Gasteiger partial charge in [-0.15, -0.1) is 0 Å². The summed E-state index contributed by atoms with van der Waals surface area (Å²) in [6.45, 7) is 2.71. The Balaban J connectivity index is 1.77. The van der Waals surface area contributed by atoms with Gasteiger partial charge < -0.3 is 4.90 Å². The molecule has 0 bridgehead atoms. The average molecular weight is 389 g/mol. The van der Waals surface area contributed by atoms with Crippen molar-refractivity contribution in [1.29, 1.82) is 0 Å². The van der Waals surface area contributed by atoms with E-state index in [-0.39, 0.29) is 0 Å². The minimum Gasteiger partial charge on any atom is -0.356 e. The molecule has 0 spiro atoms. The predicted octanol–water partition coefficient (Wildman–Crippen LogP) is 0.586. The quantitative estimate of drug-likeness (QED) is 0.774. The van der Waals surface area contributed by atoms with Gasteiger partial charge in [-0.05, 0) is 19.8 Å². The maximum Gasteiger partial charge on any atom is 0.277 e. The molecule has 1 fully saturated rings. The fourth-order valence-corrected chi connectivity index (χ4v) is 4.27. The fraction of sp³-hybridized carbons (Fsp3) is 0.643. The zero-order valence-corrected chi connectivity index (χ0v) is 15.1. The molecule has 144 valence electrons. The van der Waals surface area contributed by atoms with Crippen LogP contribution in [0.3, 0.4) is 0 Å². The molecule has 2 aromatic rings. The highest BCUT2D eigenvalue weighted by Gasteiger charge is 2.33. The number of hydrogen-bond donors (Lipinski definition) is 1. The van der Waals surface area contributed by atoms with Crippen molar-refractivity contribution in [2.24, 2.45) is 5.14 Å². The number of aromatic nitrogens is 4. The van der Waals surface area contributed by atoms with E-state index in [0.717, 1.165) is 11.0 Å². The minimum atomic E-state index is -4.18. The fourth-order valence-electron chi connectivity index (χ4n) is 3.33. The molecule has 0 saturated carbocycles. The maximum absolute atomic E-state index is 12.7. The Morgan fingerprint density at radius 2 is 2.04 bits per heavy atom. The monoisotopic (exact) mass is 389 g/mol. The van der Waals surface area contributed by atoms with E-state index < -0.39 is 29.2 Å². The summed E-state index contributed by atoms with van der Waals surface area (Å²) in [4.78, 5) is 10.6. The van der Waals surface area contributed by atoms with Crippen molar-refractivity contribution in [3.05, 3.63) is 12.5 Å². The SMILES string of the molecule is CCn1ncc2c(N3CCC(N(CC(F)F)S(N)(=O)=O)CC3)ncnc21. The highest BCUT2D eigenvalue weighted by Crippen LogP contribution is 2.27. The first-order valence-corrected chi connectivity index (χ1v) is 9.80. The Morgan fingerprint density at radius 3 is 2.62 bits per heavy atom. The lowest BCUT2D eigenvalue weighted by molar-refractivity contribution is 0.101. The van der Waals surface area contributed by atoms with E-state index in [9.17, 15) is 17.2 Å². The topological polar surface area (TPSA) is 110 Å². The summed E-state index contributed by atoms with van der Waals surface area (Å²) in [5, 5.41) is 10.2. The van der Waals surface area contributed by atoms with E-state index in [1.54, 1.807) is 10.9 Å². The Hall–Kier alpha value is -1.92. The number of nitrogens with zero attached hydrogens (tertiary/aromatic N) is 6. The van der Waals surface area contributed by atoms with Crippen LogP contribution in [0.2, 0.25) is 0 Å². The van der Waals surface area contributed by atoms with E-state index in [1.807, 2.05) is 11.8 Å². The third kappa shape index (κ3) is 3.76. The standard InChI is InChI=1S/C14H21F2N7O2S/c1-2-22-14-11(7-20-22)13(18-9-19-14)21-5-3-10(4-6-21)23(8-12(15)16)26(17,24)25/h7,9-10,12H,2-6,8H2,1H3,(H2,17,24,25). The van der Waals surface area contributed by atoms with Crippen LogP contribution in [0, 0.1) is 0 Å². The molecule has 9 nitrogen and oxygen atoms in total. The van der Waals surface area contributed by atoms with Crippen LogP contribution in [-0.2, 0) is 16.8 Å². The molecular formula is C14H21F2N7O2S.